The van der Waals surface area contributed by atoms with Crippen LogP contribution >= 0.6 is 0 Å². The molecule has 0 amide bonds. The Morgan fingerprint density at radius 2 is 1.82 bits per heavy atom. The SMILES string of the molecule is N#Cc1cnc(N2CCC[C@H](C[C@@H]3CCCC[C@H]3Nc3ncc(-c4ccccc4)o3)C2)nc1. The van der Waals surface area contributed by atoms with Crippen molar-refractivity contribution in [1.29, 1.82) is 5.26 Å². The third-order valence-electron chi connectivity index (χ3n) is 6.99. The third-order valence-corrected chi connectivity index (χ3v) is 6.99. The lowest BCUT2D eigenvalue weighted by atomic mass is 9.77. The normalized spacial score (nSPS) is 23.1. The lowest BCUT2D eigenvalue weighted by Crippen LogP contribution is -2.40. The first kappa shape index (κ1) is 21.4. The van der Waals surface area contributed by atoms with Crippen molar-refractivity contribution < 1.29 is 4.42 Å². The van der Waals surface area contributed by atoms with Crippen LogP contribution in [0.1, 0.15) is 50.5 Å². The zero-order valence-corrected chi connectivity index (χ0v) is 18.9. The van der Waals surface area contributed by atoms with Gasteiger partial charge in [0.05, 0.1) is 24.2 Å². The monoisotopic (exact) mass is 442 g/mol. The summed E-state index contributed by atoms with van der Waals surface area (Å²) in [6.07, 6.45) is 13.6. The number of rotatable bonds is 6. The fraction of sp³-hybridized carbons (Fsp3) is 0.462. The van der Waals surface area contributed by atoms with Crippen LogP contribution in [-0.4, -0.2) is 34.1 Å². The molecule has 1 N–H and O–H groups in total. The average molecular weight is 443 g/mol. The van der Waals surface area contributed by atoms with Gasteiger partial charge in [-0.1, -0.05) is 43.2 Å². The molecule has 2 aromatic heterocycles. The fourth-order valence-corrected chi connectivity index (χ4v) is 5.32. The van der Waals surface area contributed by atoms with Gasteiger partial charge < -0.3 is 14.6 Å². The number of oxazole rings is 1. The molecule has 3 atom stereocenters. The van der Waals surface area contributed by atoms with Crippen LogP contribution in [0.5, 0.6) is 0 Å². The van der Waals surface area contributed by atoms with Gasteiger partial charge in [0.2, 0.25) is 5.95 Å². The molecule has 0 unspecified atom stereocenters. The number of aromatic nitrogens is 3. The molecule has 170 valence electrons. The molecule has 0 radical (unpaired) electrons. The zero-order valence-electron chi connectivity index (χ0n) is 18.9. The van der Waals surface area contributed by atoms with Gasteiger partial charge in [0.15, 0.2) is 5.76 Å². The third kappa shape index (κ3) is 5.16. The minimum absolute atomic E-state index is 0.391. The minimum Gasteiger partial charge on any atom is -0.424 e. The summed E-state index contributed by atoms with van der Waals surface area (Å²) in [6.45, 7) is 1.96. The largest absolute Gasteiger partial charge is 0.424 e. The maximum atomic E-state index is 8.99. The molecule has 1 aliphatic heterocycles. The molecule has 1 aliphatic carbocycles. The molecule has 0 bridgehead atoms. The van der Waals surface area contributed by atoms with Gasteiger partial charge >= 0.3 is 0 Å². The highest BCUT2D eigenvalue weighted by atomic mass is 16.4. The predicted molar refractivity (Wildman–Crippen MR) is 128 cm³/mol. The zero-order chi connectivity index (χ0) is 22.5. The molecule has 2 fully saturated rings. The van der Waals surface area contributed by atoms with Crippen LogP contribution in [-0.2, 0) is 0 Å². The van der Waals surface area contributed by atoms with Crippen molar-refractivity contribution in [1.82, 2.24) is 15.0 Å². The highest BCUT2D eigenvalue weighted by Gasteiger charge is 2.31. The summed E-state index contributed by atoms with van der Waals surface area (Å²) in [5.41, 5.74) is 1.55. The molecular weight excluding hydrogens is 412 g/mol. The molecule has 0 spiro atoms. The Kier molecular flexibility index (Phi) is 6.52. The van der Waals surface area contributed by atoms with Crippen molar-refractivity contribution in [2.24, 2.45) is 11.8 Å². The topological polar surface area (TPSA) is 90.9 Å². The highest BCUT2D eigenvalue weighted by molar-refractivity contribution is 5.57. The van der Waals surface area contributed by atoms with Crippen molar-refractivity contribution in [2.75, 3.05) is 23.3 Å². The molecule has 3 heterocycles. The first-order valence-electron chi connectivity index (χ1n) is 12.0. The second kappa shape index (κ2) is 10.0. The van der Waals surface area contributed by atoms with E-state index in [1.54, 1.807) is 12.4 Å². The first-order valence-corrected chi connectivity index (χ1v) is 12.0. The maximum Gasteiger partial charge on any atom is 0.295 e. The van der Waals surface area contributed by atoms with Crippen LogP contribution in [0, 0.1) is 23.2 Å². The van der Waals surface area contributed by atoms with E-state index in [1.807, 2.05) is 36.5 Å². The Balaban J connectivity index is 1.22. The summed E-state index contributed by atoms with van der Waals surface area (Å²) >= 11 is 0. The fourth-order valence-electron chi connectivity index (χ4n) is 5.32. The number of anilines is 2. The summed E-state index contributed by atoms with van der Waals surface area (Å²) in [5.74, 6) is 2.77. The van der Waals surface area contributed by atoms with E-state index >= 15 is 0 Å². The molecule has 3 aromatic rings. The van der Waals surface area contributed by atoms with E-state index in [4.69, 9.17) is 9.68 Å². The molecule has 1 saturated carbocycles. The summed E-state index contributed by atoms with van der Waals surface area (Å²) in [5, 5.41) is 12.6. The smallest absolute Gasteiger partial charge is 0.295 e. The maximum absolute atomic E-state index is 8.99. The van der Waals surface area contributed by atoms with Gasteiger partial charge in [0, 0.05) is 24.7 Å². The quantitative estimate of drug-likeness (QED) is 0.555. The van der Waals surface area contributed by atoms with E-state index in [2.05, 4.69) is 31.2 Å². The van der Waals surface area contributed by atoms with Crippen LogP contribution in [0.2, 0.25) is 0 Å². The van der Waals surface area contributed by atoms with Gasteiger partial charge in [0.1, 0.15) is 6.07 Å². The summed E-state index contributed by atoms with van der Waals surface area (Å²) in [4.78, 5) is 15.6. The number of benzene rings is 1. The second-order valence-corrected chi connectivity index (χ2v) is 9.26. The predicted octanol–water partition coefficient (Wildman–Crippen LogP) is 5.28. The van der Waals surface area contributed by atoms with Crippen LogP contribution in [0.15, 0.2) is 53.3 Å². The van der Waals surface area contributed by atoms with E-state index in [0.717, 1.165) is 43.2 Å². The Morgan fingerprint density at radius 3 is 2.64 bits per heavy atom. The van der Waals surface area contributed by atoms with Crippen molar-refractivity contribution >= 4 is 12.0 Å². The van der Waals surface area contributed by atoms with E-state index in [0.29, 0.717) is 29.5 Å². The summed E-state index contributed by atoms with van der Waals surface area (Å²) in [7, 11) is 0. The van der Waals surface area contributed by atoms with Crippen molar-refractivity contribution in [3.05, 3.63) is 54.5 Å². The number of hydrogen-bond donors (Lipinski definition) is 1. The second-order valence-electron chi connectivity index (χ2n) is 9.26. The van der Waals surface area contributed by atoms with E-state index in [1.165, 1.54) is 32.1 Å². The number of hydrogen-bond acceptors (Lipinski definition) is 7. The standard InChI is InChI=1S/C26H30N6O/c27-14-20-15-28-25(29-16-20)32-12-6-7-19(18-32)13-22-10-4-5-11-23(22)31-26-30-17-24(33-26)21-8-2-1-3-9-21/h1-3,8-9,15-17,19,22-23H,4-7,10-13,18H2,(H,30,31)/t19-,22+,23-/m1/s1. The van der Waals surface area contributed by atoms with E-state index in [9.17, 15) is 0 Å². The number of nitrogens with one attached hydrogen (secondary N) is 1. The van der Waals surface area contributed by atoms with Crippen LogP contribution in [0.25, 0.3) is 11.3 Å². The number of nitriles is 1. The summed E-state index contributed by atoms with van der Waals surface area (Å²) in [6, 6.07) is 13.2. The van der Waals surface area contributed by atoms with Crippen LogP contribution in [0.3, 0.4) is 0 Å². The van der Waals surface area contributed by atoms with Gasteiger partial charge in [-0.2, -0.15) is 5.26 Å². The molecule has 5 rings (SSSR count). The Hall–Kier alpha value is -3.40. The van der Waals surface area contributed by atoms with E-state index < -0.39 is 0 Å². The molecule has 2 aliphatic rings. The molecular formula is C26H30N6O. The van der Waals surface area contributed by atoms with E-state index in [-0.39, 0.29) is 0 Å². The van der Waals surface area contributed by atoms with Gasteiger partial charge in [-0.15, -0.1) is 0 Å². The van der Waals surface area contributed by atoms with Crippen LogP contribution < -0.4 is 10.2 Å². The lowest BCUT2D eigenvalue weighted by Gasteiger charge is -2.38. The van der Waals surface area contributed by atoms with Crippen molar-refractivity contribution in [3.8, 4) is 17.4 Å². The summed E-state index contributed by atoms with van der Waals surface area (Å²) < 4.78 is 6.03. The number of piperidine rings is 1. The average Bonchev–Trinajstić information content (AvgIpc) is 3.35. The van der Waals surface area contributed by atoms with Gasteiger partial charge in [-0.25, -0.2) is 15.0 Å². The minimum atomic E-state index is 0.391. The van der Waals surface area contributed by atoms with Crippen LogP contribution in [0.4, 0.5) is 12.0 Å². The molecule has 7 nitrogen and oxygen atoms in total. The Morgan fingerprint density at radius 1 is 1.00 bits per heavy atom. The van der Waals surface area contributed by atoms with Crippen molar-refractivity contribution in [3.63, 3.8) is 0 Å². The highest BCUT2D eigenvalue weighted by Crippen LogP contribution is 2.35. The number of nitrogens with zero attached hydrogens (tertiary/aromatic N) is 5. The van der Waals surface area contributed by atoms with Gasteiger partial charge in [-0.3, -0.25) is 0 Å². The molecule has 1 aromatic carbocycles. The lowest BCUT2D eigenvalue weighted by molar-refractivity contribution is 0.244. The molecule has 33 heavy (non-hydrogen) atoms. The Bertz CT molecular complexity index is 1070. The van der Waals surface area contributed by atoms with Gasteiger partial charge in [0.25, 0.3) is 6.01 Å². The molecule has 1 saturated heterocycles. The van der Waals surface area contributed by atoms with Crippen molar-refractivity contribution in [2.45, 2.75) is 51.0 Å². The first-order chi connectivity index (χ1) is 16.3. The molecule has 7 heteroatoms. The van der Waals surface area contributed by atoms with Gasteiger partial charge in [-0.05, 0) is 43.9 Å². The Labute approximate surface area is 194 Å².